The van der Waals surface area contributed by atoms with E-state index in [2.05, 4.69) is 45.0 Å². The minimum Gasteiger partial charge on any atom is -0.380 e. The topological polar surface area (TPSA) is 24.5 Å². The van der Waals surface area contributed by atoms with Crippen molar-refractivity contribution in [1.82, 2.24) is 10.2 Å². The summed E-state index contributed by atoms with van der Waals surface area (Å²) in [4.78, 5) is 2.45. The summed E-state index contributed by atoms with van der Waals surface area (Å²) in [5.74, 6) is 0. The third-order valence-corrected chi connectivity index (χ3v) is 3.94. The molecule has 0 spiro atoms. The summed E-state index contributed by atoms with van der Waals surface area (Å²) < 4.78 is 5.43. The summed E-state index contributed by atoms with van der Waals surface area (Å²) in [7, 11) is 2.21. The fourth-order valence-corrected chi connectivity index (χ4v) is 1.90. The van der Waals surface area contributed by atoms with E-state index in [1.807, 2.05) is 0 Å². The molecule has 1 N–H and O–H groups in total. The van der Waals surface area contributed by atoms with Gasteiger partial charge >= 0.3 is 0 Å². The number of nitrogens with one attached hydrogen (secondary N) is 1. The van der Waals surface area contributed by atoms with Gasteiger partial charge in [-0.05, 0) is 40.7 Å². The highest BCUT2D eigenvalue weighted by Gasteiger charge is 2.24. The maximum absolute atomic E-state index is 5.43. The molecule has 3 nitrogen and oxygen atoms in total. The van der Waals surface area contributed by atoms with Crippen molar-refractivity contribution < 1.29 is 4.74 Å². The van der Waals surface area contributed by atoms with Crippen LogP contribution in [-0.4, -0.2) is 49.3 Å². The Morgan fingerprint density at radius 1 is 1.50 bits per heavy atom. The third-order valence-electron chi connectivity index (χ3n) is 3.94. The average Bonchev–Trinajstić information content (AvgIpc) is 2.78. The SMILES string of the molecule is CCC(C)(C)NCC(C)N(C)C1CCOC1. The van der Waals surface area contributed by atoms with Gasteiger partial charge in [0.05, 0.1) is 6.61 Å². The van der Waals surface area contributed by atoms with E-state index in [1.54, 1.807) is 0 Å². The highest BCUT2D eigenvalue weighted by Crippen LogP contribution is 2.14. The summed E-state index contributed by atoms with van der Waals surface area (Å²) in [5, 5.41) is 3.63. The second-order valence-corrected chi connectivity index (χ2v) is 5.65. The van der Waals surface area contributed by atoms with E-state index in [0.29, 0.717) is 12.1 Å². The summed E-state index contributed by atoms with van der Waals surface area (Å²) in [6.07, 6.45) is 2.34. The maximum atomic E-state index is 5.43. The highest BCUT2D eigenvalue weighted by molar-refractivity contribution is 4.82. The first-order valence-corrected chi connectivity index (χ1v) is 6.51. The summed E-state index contributed by atoms with van der Waals surface area (Å²) in [6.45, 7) is 11.9. The van der Waals surface area contributed by atoms with Crippen molar-refractivity contribution in [2.24, 2.45) is 0 Å². The van der Waals surface area contributed by atoms with Gasteiger partial charge in [0.15, 0.2) is 0 Å². The number of rotatable bonds is 6. The minimum absolute atomic E-state index is 0.251. The van der Waals surface area contributed by atoms with Crippen molar-refractivity contribution in [3.05, 3.63) is 0 Å². The molecular weight excluding hydrogens is 200 g/mol. The monoisotopic (exact) mass is 228 g/mol. The quantitative estimate of drug-likeness (QED) is 0.751. The first-order chi connectivity index (χ1) is 7.46. The average molecular weight is 228 g/mol. The molecule has 2 atom stereocenters. The van der Waals surface area contributed by atoms with Crippen molar-refractivity contribution in [3.8, 4) is 0 Å². The van der Waals surface area contributed by atoms with Gasteiger partial charge < -0.3 is 10.1 Å². The molecule has 0 amide bonds. The second-order valence-electron chi connectivity index (χ2n) is 5.65. The Morgan fingerprint density at radius 3 is 2.69 bits per heavy atom. The molecule has 96 valence electrons. The van der Waals surface area contributed by atoms with Gasteiger partial charge in [-0.1, -0.05) is 6.92 Å². The van der Waals surface area contributed by atoms with E-state index in [-0.39, 0.29) is 5.54 Å². The molecule has 1 aliphatic heterocycles. The fraction of sp³-hybridized carbons (Fsp3) is 1.00. The minimum atomic E-state index is 0.251. The molecule has 0 aromatic rings. The molecule has 1 saturated heterocycles. The largest absolute Gasteiger partial charge is 0.380 e. The van der Waals surface area contributed by atoms with Crippen LogP contribution in [0.15, 0.2) is 0 Å². The van der Waals surface area contributed by atoms with Gasteiger partial charge in [0.2, 0.25) is 0 Å². The lowest BCUT2D eigenvalue weighted by Gasteiger charge is -2.33. The molecule has 1 heterocycles. The van der Waals surface area contributed by atoms with Gasteiger partial charge in [0.25, 0.3) is 0 Å². The Balaban J connectivity index is 2.30. The van der Waals surface area contributed by atoms with Crippen molar-refractivity contribution >= 4 is 0 Å². The predicted molar refractivity (Wildman–Crippen MR) is 68.8 cm³/mol. The molecule has 2 unspecified atom stereocenters. The molecule has 0 aliphatic carbocycles. The molecule has 1 fully saturated rings. The standard InChI is InChI=1S/C13H28N2O/c1-6-13(3,4)14-9-11(2)15(5)12-7-8-16-10-12/h11-12,14H,6-10H2,1-5H3. The smallest absolute Gasteiger partial charge is 0.0622 e. The highest BCUT2D eigenvalue weighted by atomic mass is 16.5. The zero-order valence-electron chi connectivity index (χ0n) is 11.5. The number of hydrogen-bond donors (Lipinski definition) is 1. The lowest BCUT2D eigenvalue weighted by Crippen LogP contribution is -2.49. The van der Waals surface area contributed by atoms with Crippen LogP contribution in [-0.2, 0) is 4.74 Å². The predicted octanol–water partition coefficient (Wildman–Crippen LogP) is 1.87. The van der Waals surface area contributed by atoms with Crippen LogP contribution in [0.2, 0.25) is 0 Å². The lowest BCUT2D eigenvalue weighted by molar-refractivity contribution is 0.133. The third kappa shape index (κ3) is 4.04. The van der Waals surface area contributed by atoms with Crippen LogP contribution in [0.1, 0.15) is 40.5 Å². The zero-order chi connectivity index (χ0) is 12.2. The van der Waals surface area contributed by atoms with Gasteiger partial charge in [0, 0.05) is 30.8 Å². The van der Waals surface area contributed by atoms with Gasteiger partial charge in [-0.15, -0.1) is 0 Å². The Kier molecular flexibility index (Phi) is 5.22. The number of ether oxygens (including phenoxy) is 1. The van der Waals surface area contributed by atoms with Crippen LogP contribution in [0.4, 0.5) is 0 Å². The summed E-state index contributed by atoms with van der Waals surface area (Å²) in [5.41, 5.74) is 0.251. The van der Waals surface area contributed by atoms with E-state index in [0.717, 1.165) is 26.2 Å². The van der Waals surface area contributed by atoms with Crippen LogP contribution in [0, 0.1) is 0 Å². The van der Waals surface area contributed by atoms with Crippen molar-refractivity contribution in [2.45, 2.75) is 58.2 Å². The van der Waals surface area contributed by atoms with Crippen molar-refractivity contribution in [3.63, 3.8) is 0 Å². The normalized spacial score (nSPS) is 24.0. The molecule has 1 aliphatic rings. The molecule has 0 aromatic heterocycles. The Hall–Kier alpha value is -0.120. The molecule has 16 heavy (non-hydrogen) atoms. The van der Waals surface area contributed by atoms with Crippen LogP contribution < -0.4 is 5.32 Å². The van der Waals surface area contributed by atoms with Gasteiger partial charge in [-0.2, -0.15) is 0 Å². The number of hydrogen-bond acceptors (Lipinski definition) is 3. The molecule has 0 radical (unpaired) electrons. The summed E-state index contributed by atoms with van der Waals surface area (Å²) >= 11 is 0. The Morgan fingerprint density at radius 2 is 2.19 bits per heavy atom. The second kappa shape index (κ2) is 5.99. The van der Waals surface area contributed by atoms with Gasteiger partial charge in [0.1, 0.15) is 0 Å². The van der Waals surface area contributed by atoms with Crippen LogP contribution in [0.5, 0.6) is 0 Å². The van der Waals surface area contributed by atoms with Crippen molar-refractivity contribution in [2.75, 3.05) is 26.8 Å². The van der Waals surface area contributed by atoms with Crippen LogP contribution >= 0.6 is 0 Å². The van der Waals surface area contributed by atoms with Gasteiger partial charge in [-0.3, -0.25) is 4.90 Å². The number of likely N-dealkylation sites (N-methyl/N-ethyl adjacent to an activating group) is 1. The van der Waals surface area contributed by atoms with Crippen molar-refractivity contribution in [1.29, 1.82) is 0 Å². The van der Waals surface area contributed by atoms with E-state index >= 15 is 0 Å². The number of nitrogens with zero attached hydrogens (tertiary/aromatic N) is 1. The van der Waals surface area contributed by atoms with Gasteiger partial charge in [-0.25, -0.2) is 0 Å². The summed E-state index contributed by atoms with van der Waals surface area (Å²) in [6, 6.07) is 1.18. The Labute approximate surface area is 101 Å². The first kappa shape index (κ1) is 13.9. The van der Waals surface area contributed by atoms with E-state index in [4.69, 9.17) is 4.74 Å². The van der Waals surface area contributed by atoms with E-state index in [9.17, 15) is 0 Å². The molecule has 0 bridgehead atoms. The molecular formula is C13H28N2O. The van der Waals surface area contributed by atoms with Crippen LogP contribution in [0.3, 0.4) is 0 Å². The molecule has 0 aromatic carbocycles. The molecule has 0 saturated carbocycles. The van der Waals surface area contributed by atoms with E-state index < -0.39 is 0 Å². The molecule has 1 rings (SSSR count). The zero-order valence-corrected chi connectivity index (χ0v) is 11.5. The Bertz CT molecular complexity index is 200. The van der Waals surface area contributed by atoms with E-state index in [1.165, 1.54) is 6.42 Å². The first-order valence-electron chi connectivity index (χ1n) is 6.51. The fourth-order valence-electron chi connectivity index (χ4n) is 1.90. The molecule has 3 heteroatoms. The van der Waals surface area contributed by atoms with Crippen LogP contribution in [0.25, 0.3) is 0 Å². The lowest BCUT2D eigenvalue weighted by atomic mass is 10.0. The maximum Gasteiger partial charge on any atom is 0.0622 e.